The van der Waals surface area contributed by atoms with Crippen LogP contribution in [0.3, 0.4) is 0 Å². The summed E-state index contributed by atoms with van der Waals surface area (Å²) in [5.74, 6) is 0.00486. The number of nitrogens with zero attached hydrogens (tertiary/aromatic N) is 1. The van der Waals surface area contributed by atoms with Gasteiger partial charge >= 0.3 is 0 Å². The van der Waals surface area contributed by atoms with Gasteiger partial charge in [0.2, 0.25) is 5.91 Å². The lowest BCUT2D eigenvalue weighted by atomic mass is 10.2. The van der Waals surface area contributed by atoms with Crippen LogP contribution in [0.4, 0.5) is 0 Å². The Morgan fingerprint density at radius 2 is 2.23 bits per heavy atom. The first kappa shape index (κ1) is 10.5. The van der Waals surface area contributed by atoms with Gasteiger partial charge in [0.05, 0.1) is 12.1 Å². The molecule has 0 spiro atoms. The van der Waals surface area contributed by atoms with E-state index < -0.39 is 0 Å². The number of aliphatic hydroxyl groups is 1. The molecule has 1 saturated heterocycles. The molecular formula is C9H18N2O2. The zero-order valence-corrected chi connectivity index (χ0v) is 8.45. The van der Waals surface area contributed by atoms with Crippen molar-refractivity contribution in [1.29, 1.82) is 0 Å². The maximum atomic E-state index is 11.4. The first-order valence-electron chi connectivity index (χ1n) is 4.71. The van der Waals surface area contributed by atoms with Crippen LogP contribution in [0.15, 0.2) is 0 Å². The molecule has 1 aliphatic rings. The van der Waals surface area contributed by atoms with Crippen LogP contribution in [0.25, 0.3) is 0 Å². The van der Waals surface area contributed by atoms with Crippen LogP contribution in [0.5, 0.6) is 0 Å². The summed E-state index contributed by atoms with van der Waals surface area (Å²) in [6.07, 6.45) is 0.197. The predicted octanol–water partition coefficient (Wildman–Crippen LogP) is -0.424. The number of rotatable bonds is 2. The summed E-state index contributed by atoms with van der Waals surface area (Å²) in [6, 6.07) is 0.152. The number of likely N-dealkylation sites (tertiary alicyclic amines) is 1. The normalized spacial score (nSPS) is 29.6. The van der Waals surface area contributed by atoms with E-state index in [1.54, 1.807) is 7.05 Å². The molecule has 0 bridgehead atoms. The number of likely N-dealkylation sites (N-methyl/N-ethyl adjacent to an activating group) is 1. The topological polar surface area (TPSA) is 52.6 Å². The molecule has 2 atom stereocenters. The lowest BCUT2D eigenvalue weighted by Gasteiger charge is -2.26. The summed E-state index contributed by atoms with van der Waals surface area (Å²) >= 11 is 0. The van der Waals surface area contributed by atoms with E-state index in [0.29, 0.717) is 19.0 Å². The van der Waals surface area contributed by atoms with E-state index >= 15 is 0 Å². The van der Waals surface area contributed by atoms with Crippen LogP contribution in [0.2, 0.25) is 0 Å². The fourth-order valence-corrected chi connectivity index (χ4v) is 1.83. The lowest BCUT2D eigenvalue weighted by Crippen LogP contribution is -2.44. The maximum absolute atomic E-state index is 11.4. The molecule has 76 valence electrons. The summed E-state index contributed by atoms with van der Waals surface area (Å²) < 4.78 is 0. The minimum Gasteiger partial charge on any atom is -0.392 e. The number of carbonyl (C=O) groups excluding carboxylic acids is 1. The van der Waals surface area contributed by atoms with E-state index in [2.05, 4.69) is 5.32 Å². The minimum atomic E-state index is -0.357. The molecule has 1 fully saturated rings. The van der Waals surface area contributed by atoms with Crippen molar-refractivity contribution in [2.24, 2.45) is 0 Å². The van der Waals surface area contributed by atoms with E-state index in [1.807, 2.05) is 18.7 Å². The van der Waals surface area contributed by atoms with Crippen molar-refractivity contribution in [1.82, 2.24) is 10.2 Å². The van der Waals surface area contributed by atoms with E-state index in [1.165, 1.54) is 0 Å². The second kappa shape index (κ2) is 4.07. The van der Waals surface area contributed by atoms with E-state index in [0.717, 1.165) is 0 Å². The zero-order chi connectivity index (χ0) is 10.0. The van der Waals surface area contributed by atoms with Gasteiger partial charge in [0.15, 0.2) is 0 Å². The van der Waals surface area contributed by atoms with Crippen LogP contribution in [-0.2, 0) is 4.79 Å². The predicted molar refractivity (Wildman–Crippen MR) is 50.3 cm³/mol. The Balaban J connectivity index is 2.66. The van der Waals surface area contributed by atoms with E-state index in [4.69, 9.17) is 0 Å². The van der Waals surface area contributed by atoms with Gasteiger partial charge in [-0.25, -0.2) is 0 Å². The van der Waals surface area contributed by atoms with Gasteiger partial charge in [-0.3, -0.25) is 9.69 Å². The fraction of sp³-hybridized carbons (Fsp3) is 0.889. The Morgan fingerprint density at radius 3 is 2.69 bits per heavy atom. The lowest BCUT2D eigenvalue weighted by molar-refractivity contribution is -0.125. The highest BCUT2D eigenvalue weighted by Crippen LogP contribution is 2.20. The number of carbonyl (C=O) groups is 1. The molecule has 2 N–H and O–H groups in total. The molecule has 1 rings (SSSR count). The molecule has 1 amide bonds. The van der Waals surface area contributed by atoms with Crippen molar-refractivity contribution < 1.29 is 9.90 Å². The Bertz CT molecular complexity index is 194. The molecule has 13 heavy (non-hydrogen) atoms. The zero-order valence-electron chi connectivity index (χ0n) is 8.45. The molecule has 0 aromatic carbocycles. The van der Waals surface area contributed by atoms with Gasteiger partial charge in [-0.05, 0) is 20.3 Å². The molecule has 0 radical (unpaired) electrons. The van der Waals surface area contributed by atoms with Crippen molar-refractivity contribution in [2.45, 2.75) is 38.5 Å². The molecule has 0 unspecified atom stereocenters. The SMILES string of the molecule is CNC(=O)[C@@H]1C[C@@H](O)CN1C(C)C. The van der Waals surface area contributed by atoms with E-state index in [9.17, 15) is 9.90 Å². The van der Waals surface area contributed by atoms with Crippen molar-refractivity contribution >= 4 is 5.91 Å². The average molecular weight is 186 g/mol. The second-order valence-corrected chi connectivity index (χ2v) is 3.81. The van der Waals surface area contributed by atoms with Gasteiger partial charge < -0.3 is 10.4 Å². The van der Waals surface area contributed by atoms with Gasteiger partial charge in [0, 0.05) is 19.6 Å². The average Bonchev–Trinajstić information content (AvgIpc) is 2.46. The monoisotopic (exact) mass is 186 g/mol. The fourth-order valence-electron chi connectivity index (χ4n) is 1.83. The Morgan fingerprint density at radius 1 is 1.62 bits per heavy atom. The van der Waals surface area contributed by atoms with E-state index in [-0.39, 0.29) is 18.1 Å². The third kappa shape index (κ3) is 2.19. The van der Waals surface area contributed by atoms with Gasteiger partial charge in [-0.1, -0.05) is 0 Å². The number of nitrogens with one attached hydrogen (secondary N) is 1. The number of β-amino-alcohol motifs (C(OH)–C–C–N with tert-alkyl or cyclic N) is 1. The number of hydrogen-bond donors (Lipinski definition) is 2. The Hall–Kier alpha value is -0.610. The van der Waals surface area contributed by atoms with Gasteiger partial charge in [-0.15, -0.1) is 0 Å². The largest absolute Gasteiger partial charge is 0.392 e. The number of hydrogen-bond acceptors (Lipinski definition) is 3. The standard InChI is InChI=1S/C9H18N2O2/c1-6(2)11-5-7(12)4-8(11)9(13)10-3/h6-8,12H,4-5H2,1-3H3,(H,10,13)/t7-,8+/m1/s1. The first-order chi connectivity index (χ1) is 6.06. The molecule has 0 aromatic heterocycles. The van der Waals surface area contributed by atoms with Crippen molar-refractivity contribution in [2.75, 3.05) is 13.6 Å². The summed E-state index contributed by atoms with van der Waals surface area (Å²) in [4.78, 5) is 13.4. The van der Waals surface area contributed by atoms with Crippen LogP contribution in [0, 0.1) is 0 Å². The van der Waals surface area contributed by atoms with Gasteiger partial charge in [0.25, 0.3) is 0 Å². The molecule has 1 heterocycles. The summed E-state index contributed by atoms with van der Waals surface area (Å²) in [5.41, 5.74) is 0. The first-order valence-corrected chi connectivity index (χ1v) is 4.71. The molecule has 0 saturated carbocycles. The van der Waals surface area contributed by atoms with Crippen LogP contribution in [0.1, 0.15) is 20.3 Å². The maximum Gasteiger partial charge on any atom is 0.237 e. The smallest absolute Gasteiger partial charge is 0.237 e. The third-order valence-corrected chi connectivity index (χ3v) is 2.53. The van der Waals surface area contributed by atoms with Crippen LogP contribution < -0.4 is 5.32 Å². The highest BCUT2D eigenvalue weighted by Gasteiger charge is 2.36. The molecule has 4 heteroatoms. The summed E-state index contributed by atoms with van der Waals surface area (Å²) in [6.45, 7) is 4.68. The number of aliphatic hydroxyl groups excluding tert-OH is 1. The van der Waals surface area contributed by atoms with Gasteiger partial charge in [0.1, 0.15) is 0 Å². The highest BCUT2D eigenvalue weighted by molar-refractivity contribution is 5.81. The Labute approximate surface area is 78.9 Å². The van der Waals surface area contributed by atoms with Crippen molar-refractivity contribution in [3.8, 4) is 0 Å². The van der Waals surface area contributed by atoms with Crippen LogP contribution >= 0.6 is 0 Å². The van der Waals surface area contributed by atoms with Crippen molar-refractivity contribution in [3.63, 3.8) is 0 Å². The highest BCUT2D eigenvalue weighted by atomic mass is 16.3. The third-order valence-electron chi connectivity index (χ3n) is 2.53. The van der Waals surface area contributed by atoms with Gasteiger partial charge in [-0.2, -0.15) is 0 Å². The quantitative estimate of drug-likeness (QED) is 0.615. The summed E-state index contributed by atoms with van der Waals surface area (Å²) in [5, 5.41) is 12.1. The molecule has 0 aromatic rings. The van der Waals surface area contributed by atoms with Crippen LogP contribution in [-0.4, -0.2) is 47.7 Å². The molecule has 1 aliphatic heterocycles. The molecule has 0 aliphatic carbocycles. The minimum absolute atomic E-state index is 0.00486. The number of amides is 1. The molecule has 4 nitrogen and oxygen atoms in total. The van der Waals surface area contributed by atoms with Crippen molar-refractivity contribution in [3.05, 3.63) is 0 Å². The summed E-state index contributed by atoms with van der Waals surface area (Å²) in [7, 11) is 1.63. The molecular weight excluding hydrogens is 168 g/mol. The second-order valence-electron chi connectivity index (χ2n) is 3.81. The Kier molecular flexibility index (Phi) is 3.27.